The molecule has 1 saturated heterocycles. The van der Waals surface area contributed by atoms with Crippen molar-refractivity contribution < 1.29 is 4.74 Å². The van der Waals surface area contributed by atoms with Crippen molar-refractivity contribution in [3.63, 3.8) is 0 Å². The highest BCUT2D eigenvalue weighted by atomic mass is 16.5. The first kappa shape index (κ1) is 15.6. The summed E-state index contributed by atoms with van der Waals surface area (Å²) < 4.78 is 8.39. The molecule has 5 heteroatoms. The third-order valence-corrected chi connectivity index (χ3v) is 5.62. The first-order valence-corrected chi connectivity index (χ1v) is 9.01. The molecular formula is C19H26N4O. The van der Waals surface area contributed by atoms with Gasteiger partial charge in [-0.15, -0.1) is 0 Å². The van der Waals surface area contributed by atoms with Gasteiger partial charge in [0, 0.05) is 43.8 Å². The molecule has 0 N–H and O–H groups in total. The van der Waals surface area contributed by atoms with Gasteiger partial charge in [0.05, 0.1) is 6.04 Å². The summed E-state index contributed by atoms with van der Waals surface area (Å²) in [6, 6.07) is 8.75. The molecule has 24 heavy (non-hydrogen) atoms. The van der Waals surface area contributed by atoms with E-state index in [1.807, 2.05) is 30.5 Å². The van der Waals surface area contributed by atoms with Gasteiger partial charge in [-0.1, -0.05) is 6.07 Å². The Morgan fingerprint density at radius 3 is 2.58 bits per heavy atom. The maximum absolute atomic E-state index is 6.31. The highest BCUT2D eigenvalue weighted by molar-refractivity contribution is 5.11. The monoisotopic (exact) mass is 326 g/mol. The van der Waals surface area contributed by atoms with Gasteiger partial charge in [0.1, 0.15) is 6.10 Å². The number of hydrogen-bond donors (Lipinski definition) is 0. The van der Waals surface area contributed by atoms with Crippen LogP contribution in [0.5, 0.6) is 5.88 Å². The van der Waals surface area contributed by atoms with Gasteiger partial charge >= 0.3 is 0 Å². The van der Waals surface area contributed by atoms with Crippen molar-refractivity contribution in [1.29, 1.82) is 0 Å². The molecule has 2 aliphatic rings. The molecule has 2 aromatic heterocycles. The molecule has 0 radical (unpaired) electrons. The Balaban J connectivity index is 1.56. The molecule has 5 nitrogen and oxygen atoms in total. The lowest BCUT2D eigenvalue weighted by atomic mass is 9.77. The highest BCUT2D eigenvalue weighted by Crippen LogP contribution is 2.42. The molecule has 2 fully saturated rings. The maximum atomic E-state index is 6.31. The number of likely N-dealkylation sites (tertiary alicyclic amines) is 1. The Hall–Kier alpha value is -1.88. The molecule has 4 atom stereocenters. The van der Waals surface area contributed by atoms with E-state index >= 15 is 0 Å². The van der Waals surface area contributed by atoms with Crippen LogP contribution in [-0.2, 0) is 0 Å². The summed E-state index contributed by atoms with van der Waals surface area (Å²) in [7, 11) is 0. The van der Waals surface area contributed by atoms with Crippen LogP contribution in [-0.4, -0.2) is 44.9 Å². The minimum Gasteiger partial charge on any atom is -0.472 e. The Labute approximate surface area is 143 Å². The lowest BCUT2D eigenvalue weighted by Crippen LogP contribution is -2.40. The van der Waals surface area contributed by atoms with E-state index in [1.165, 1.54) is 13.1 Å². The van der Waals surface area contributed by atoms with Gasteiger partial charge in [0.2, 0.25) is 5.88 Å². The number of aromatic nitrogens is 3. The summed E-state index contributed by atoms with van der Waals surface area (Å²) >= 11 is 0. The van der Waals surface area contributed by atoms with Gasteiger partial charge < -0.3 is 9.64 Å². The molecule has 1 saturated carbocycles. The number of rotatable bonds is 4. The second-order valence-electron chi connectivity index (χ2n) is 7.42. The quantitative estimate of drug-likeness (QED) is 0.866. The second kappa shape index (κ2) is 6.55. The third-order valence-electron chi connectivity index (χ3n) is 5.62. The number of fused-ring (bicyclic) bond motifs is 1. The zero-order chi connectivity index (χ0) is 16.5. The molecule has 3 heterocycles. The van der Waals surface area contributed by atoms with Gasteiger partial charge in [-0.05, 0) is 50.7 Å². The van der Waals surface area contributed by atoms with Crippen LogP contribution in [0.25, 0.3) is 0 Å². The predicted molar refractivity (Wildman–Crippen MR) is 92.8 cm³/mol. The Morgan fingerprint density at radius 1 is 1.08 bits per heavy atom. The summed E-state index contributed by atoms with van der Waals surface area (Å²) in [6.45, 7) is 6.99. The van der Waals surface area contributed by atoms with Crippen LogP contribution in [0.15, 0.2) is 42.9 Å². The number of hydrogen-bond acceptors (Lipinski definition) is 4. The molecule has 0 amide bonds. The minimum absolute atomic E-state index is 0.133. The smallest absolute Gasteiger partial charge is 0.213 e. The molecule has 1 aliphatic heterocycles. The van der Waals surface area contributed by atoms with Gasteiger partial charge in [-0.25, -0.2) is 4.98 Å². The van der Waals surface area contributed by atoms with Crippen LogP contribution in [0, 0.1) is 11.8 Å². The number of pyridine rings is 1. The Bertz CT molecular complexity index is 643. The molecule has 1 aliphatic carbocycles. The van der Waals surface area contributed by atoms with E-state index in [4.69, 9.17) is 4.74 Å². The fourth-order valence-corrected chi connectivity index (χ4v) is 4.30. The van der Waals surface area contributed by atoms with Crippen LogP contribution in [0.2, 0.25) is 0 Å². The molecule has 128 valence electrons. The van der Waals surface area contributed by atoms with E-state index in [-0.39, 0.29) is 12.1 Å². The first-order valence-electron chi connectivity index (χ1n) is 9.01. The Kier molecular flexibility index (Phi) is 4.27. The molecular weight excluding hydrogens is 300 g/mol. The molecule has 0 aromatic carbocycles. The summed E-state index contributed by atoms with van der Waals surface area (Å²) in [5.74, 6) is 2.18. The van der Waals surface area contributed by atoms with Crippen molar-refractivity contribution in [3.05, 3.63) is 42.9 Å². The topological polar surface area (TPSA) is 43.2 Å². The van der Waals surface area contributed by atoms with Crippen LogP contribution in [0.4, 0.5) is 0 Å². The van der Waals surface area contributed by atoms with Crippen molar-refractivity contribution in [2.45, 2.75) is 44.9 Å². The van der Waals surface area contributed by atoms with Crippen molar-refractivity contribution in [1.82, 2.24) is 19.7 Å². The van der Waals surface area contributed by atoms with Crippen molar-refractivity contribution >= 4 is 0 Å². The summed E-state index contributed by atoms with van der Waals surface area (Å²) in [5.41, 5.74) is 0. The maximum Gasteiger partial charge on any atom is 0.213 e. The molecule has 2 aromatic rings. The van der Waals surface area contributed by atoms with Gasteiger partial charge in [0.15, 0.2) is 0 Å². The van der Waals surface area contributed by atoms with Gasteiger partial charge in [-0.3, -0.25) is 4.68 Å². The predicted octanol–water partition coefficient (Wildman–Crippen LogP) is 3.02. The normalized spacial score (nSPS) is 30.5. The van der Waals surface area contributed by atoms with Gasteiger partial charge in [0.25, 0.3) is 0 Å². The molecule has 0 unspecified atom stereocenters. The average Bonchev–Trinajstić information content (AvgIpc) is 3.24. The SMILES string of the molecule is CC(C)N1C[C@H]2C[C@H](Oc3ccccn3)[C@@H](n3cccn3)C[C@H]2C1. The summed E-state index contributed by atoms with van der Waals surface area (Å²) in [4.78, 5) is 6.96. The van der Waals surface area contributed by atoms with E-state index < -0.39 is 0 Å². The van der Waals surface area contributed by atoms with E-state index in [0.717, 1.165) is 24.6 Å². The van der Waals surface area contributed by atoms with E-state index in [2.05, 4.69) is 39.7 Å². The number of nitrogens with zero attached hydrogens (tertiary/aromatic N) is 4. The van der Waals surface area contributed by atoms with Crippen molar-refractivity contribution in [2.24, 2.45) is 11.8 Å². The van der Waals surface area contributed by atoms with Gasteiger partial charge in [-0.2, -0.15) is 5.10 Å². The second-order valence-corrected chi connectivity index (χ2v) is 7.42. The summed E-state index contributed by atoms with van der Waals surface area (Å²) in [5, 5.41) is 4.50. The highest BCUT2D eigenvalue weighted by Gasteiger charge is 2.44. The van der Waals surface area contributed by atoms with Crippen LogP contribution in [0.1, 0.15) is 32.7 Å². The van der Waals surface area contributed by atoms with E-state index in [0.29, 0.717) is 12.0 Å². The van der Waals surface area contributed by atoms with E-state index in [9.17, 15) is 0 Å². The molecule has 0 spiro atoms. The minimum atomic E-state index is 0.133. The number of ether oxygens (including phenoxy) is 1. The zero-order valence-corrected chi connectivity index (χ0v) is 14.5. The van der Waals surface area contributed by atoms with Crippen LogP contribution < -0.4 is 4.74 Å². The fourth-order valence-electron chi connectivity index (χ4n) is 4.30. The first-order chi connectivity index (χ1) is 11.7. The average molecular weight is 326 g/mol. The van der Waals surface area contributed by atoms with Crippen LogP contribution in [0.3, 0.4) is 0 Å². The lowest BCUT2D eigenvalue weighted by Gasteiger charge is -2.37. The van der Waals surface area contributed by atoms with Crippen LogP contribution >= 0.6 is 0 Å². The van der Waals surface area contributed by atoms with Crippen molar-refractivity contribution in [2.75, 3.05) is 13.1 Å². The Morgan fingerprint density at radius 2 is 1.92 bits per heavy atom. The standard InChI is InChI=1S/C19H26N4O/c1-14(2)22-12-15-10-17(23-9-5-8-21-23)18(11-16(15)13-22)24-19-6-3-4-7-20-19/h3-9,14-18H,10-13H2,1-2H3/t15-,16+,17-,18-/m0/s1. The summed E-state index contributed by atoms with van der Waals surface area (Å²) in [6.07, 6.45) is 8.06. The lowest BCUT2D eigenvalue weighted by molar-refractivity contribution is 0.0459. The molecule has 4 rings (SSSR count). The zero-order valence-electron chi connectivity index (χ0n) is 14.5. The van der Waals surface area contributed by atoms with Crippen molar-refractivity contribution in [3.8, 4) is 5.88 Å². The fraction of sp³-hybridized carbons (Fsp3) is 0.579. The largest absolute Gasteiger partial charge is 0.472 e. The van der Waals surface area contributed by atoms with E-state index in [1.54, 1.807) is 6.20 Å². The third kappa shape index (κ3) is 3.05. The molecule has 0 bridgehead atoms.